The second-order valence-electron chi connectivity index (χ2n) is 5.42. The van der Waals surface area contributed by atoms with Gasteiger partial charge in [0, 0.05) is 11.1 Å². The minimum atomic E-state index is 0.686. The molecule has 0 bridgehead atoms. The first-order valence-electron chi connectivity index (χ1n) is 7.44. The summed E-state index contributed by atoms with van der Waals surface area (Å²) in [5.41, 5.74) is 4.61. The molecule has 0 atom stereocenters. The fraction of sp³-hybridized carbons (Fsp3) is 0.333. The summed E-state index contributed by atoms with van der Waals surface area (Å²) < 4.78 is 23.8. The van der Waals surface area contributed by atoms with E-state index in [1.165, 1.54) is 11.1 Å². The molecule has 1 aliphatic carbocycles. The summed E-state index contributed by atoms with van der Waals surface area (Å²) in [4.78, 5) is 0. The van der Waals surface area contributed by atoms with Gasteiger partial charge in [0.25, 0.3) is 0 Å². The molecule has 4 nitrogen and oxygen atoms in total. The lowest BCUT2D eigenvalue weighted by molar-refractivity contribution is 0.351. The van der Waals surface area contributed by atoms with E-state index < -0.39 is 0 Å². The Kier molecular flexibility index (Phi) is 4.97. The maximum Gasteiger partial charge on any atom is 0.175 e. The van der Waals surface area contributed by atoms with Crippen LogP contribution in [0.4, 0.5) is 0 Å². The van der Waals surface area contributed by atoms with Crippen molar-refractivity contribution in [3.05, 3.63) is 32.2 Å². The van der Waals surface area contributed by atoms with Crippen molar-refractivity contribution in [1.29, 1.82) is 0 Å². The Hall–Kier alpha value is -1.40. The van der Waals surface area contributed by atoms with Gasteiger partial charge in [0.15, 0.2) is 23.0 Å². The maximum atomic E-state index is 5.55. The molecule has 0 spiro atoms. The van der Waals surface area contributed by atoms with Crippen molar-refractivity contribution < 1.29 is 18.9 Å². The number of hydrogen-bond donors (Lipinski definition) is 0. The number of fused-ring (bicyclic) bond motifs is 3. The highest BCUT2D eigenvalue weighted by Crippen LogP contribution is 2.53. The molecule has 0 saturated heterocycles. The summed E-state index contributed by atoms with van der Waals surface area (Å²) in [6.45, 7) is 0. The van der Waals surface area contributed by atoms with Crippen LogP contribution in [0.15, 0.2) is 21.1 Å². The second kappa shape index (κ2) is 6.84. The van der Waals surface area contributed by atoms with Gasteiger partial charge in [-0.05, 0) is 68.0 Å². The van der Waals surface area contributed by atoms with Crippen molar-refractivity contribution in [2.45, 2.75) is 12.8 Å². The van der Waals surface area contributed by atoms with Crippen LogP contribution < -0.4 is 18.9 Å². The molecular formula is C18H18Br2O4. The van der Waals surface area contributed by atoms with Crippen LogP contribution in [-0.2, 0) is 12.8 Å². The zero-order valence-electron chi connectivity index (χ0n) is 14.0. The van der Waals surface area contributed by atoms with Crippen molar-refractivity contribution in [2.24, 2.45) is 0 Å². The van der Waals surface area contributed by atoms with Gasteiger partial charge < -0.3 is 18.9 Å². The van der Waals surface area contributed by atoms with Gasteiger partial charge in [0.1, 0.15) is 0 Å². The molecule has 0 amide bonds. The number of aryl methyl sites for hydroxylation is 2. The van der Waals surface area contributed by atoms with Crippen LogP contribution in [-0.4, -0.2) is 28.4 Å². The molecule has 6 heteroatoms. The Morgan fingerprint density at radius 1 is 0.667 bits per heavy atom. The van der Waals surface area contributed by atoms with Gasteiger partial charge in [-0.1, -0.05) is 0 Å². The van der Waals surface area contributed by atoms with Crippen molar-refractivity contribution in [1.82, 2.24) is 0 Å². The van der Waals surface area contributed by atoms with Crippen LogP contribution in [0.5, 0.6) is 23.0 Å². The average Bonchev–Trinajstić information content (AvgIpc) is 2.60. The van der Waals surface area contributed by atoms with E-state index in [1.807, 2.05) is 12.1 Å². The summed E-state index contributed by atoms with van der Waals surface area (Å²) in [5.74, 6) is 2.82. The Labute approximate surface area is 158 Å². The quantitative estimate of drug-likeness (QED) is 0.646. The van der Waals surface area contributed by atoms with E-state index in [2.05, 4.69) is 31.9 Å². The number of ether oxygens (including phenoxy) is 4. The standard InChI is InChI=1S/C18H18Br2O4/c1-21-11-7-9-5-6-10-8-12(22-2)18(24-4)16(20)14(10)13(9)15(19)17(11)23-3/h7-8H,5-6H2,1-4H3. The van der Waals surface area contributed by atoms with Gasteiger partial charge in [0.2, 0.25) is 0 Å². The van der Waals surface area contributed by atoms with Gasteiger partial charge in [0.05, 0.1) is 37.4 Å². The second-order valence-corrected chi connectivity index (χ2v) is 7.01. The molecule has 24 heavy (non-hydrogen) atoms. The molecule has 0 fully saturated rings. The van der Waals surface area contributed by atoms with Crippen molar-refractivity contribution >= 4 is 31.9 Å². The van der Waals surface area contributed by atoms with E-state index >= 15 is 0 Å². The fourth-order valence-corrected chi connectivity index (χ4v) is 4.83. The molecule has 3 rings (SSSR count). The van der Waals surface area contributed by atoms with Gasteiger partial charge in [-0.25, -0.2) is 0 Å². The first-order chi connectivity index (χ1) is 11.6. The summed E-state index contributed by atoms with van der Waals surface area (Å²) in [6, 6.07) is 4.09. The van der Waals surface area contributed by atoms with Crippen LogP contribution in [0.2, 0.25) is 0 Å². The zero-order chi connectivity index (χ0) is 17.4. The van der Waals surface area contributed by atoms with Gasteiger partial charge in [-0.15, -0.1) is 0 Å². The molecule has 1 aliphatic rings. The molecule has 0 saturated carbocycles. The van der Waals surface area contributed by atoms with Crippen LogP contribution in [0.25, 0.3) is 11.1 Å². The van der Waals surface area contributed by atoms with E-state index in [-0.39, 0.29) is 0 Å². The summed E-state index contributed by atoms with van der Waals surface area (Å²) in [7, 11) is 6.58. The Balaban J connectivity index is 2.35. The monoisotopic (exact) mass is 456 g/mol. The molecule has 0 aliphatic heterocycles. The molecule has 0 N–H and O–H groups in total. The highest BCUT2D eigenvalue weighted by Gasteiger charge is 2.28. The summed E-state index contributed by atoms with van der Waals surface area (Å²) in [5, 5.41) is 0. The lowest BCUT2D eigenvalue weighted by atomic mass is 9.85. The minimum Gasteiger partial charge on any atom is -0.493 e. The molecule has 128 valence electrons. The van der Waals surface area contributed by atoms with E-state index in [9.17, 15) is 0 Å². The lowest BCUT2D eigenvalue weighted by Crippen LogP contribution is -2.08. The zero-order valence-corrected chi connectivity index (χ0v) is 17.1. The van der Waals surface area contributed by atoms with Crippen molar-refractivity contribution in [3.63, 3.8) is 0 Å². The number of halogens is 2. The molecule has 0 radical (unpaired) electrons. The highest BCUT2D eigenvalue weighted by molar-refractivity contribution is 9.11. The third-order valence-electron chi connectivity index (χ3n) is 4.30. The Morgan fingerprint density at radius 3 is 1.33 bits per heavy atom. The van der Waals surface area contributed by atoms with Crippen molar-refractivity contribution in [3.8, 4) is 34.1 Å². The summed E-state index contributed by atoms with van der Waals surface area (Å²) >= 11 is 7.41. The minimum absolute atomic E-state index is 0.686. The van der Waals surface area contributed by atoms with Crippen LogP contribution in [0.1, 0.15) is 11.1 Å². The molecule has 0 heterocycles. The molecule has 2 aromatic carbocycles. The van der Waals surface area contributed by atoms with Gasteiger partial charge in [-0.3, -0.25) is 0 Å². The largest absolute Gasteiger partial charge is 0.493 e. The third kappa shape index (κ3) is 2.56. The maximum absolute atomic E-state index is 5.55. The number of hydrogen-bond acceptors (Lipinski definition) is 4. The lowest BCUT2D eigenvalue weighted by Gasteiger charge is -2.26. The SMILES string of the molecule is COc1cc2c(c(Br)c1OC)-c1c(cc(OC)c(OC)c1Br)CC2. The predicted octanol–water partition coefficient (Wildman–Crippen LogP) is 5.01. The predicted molar refractivity (Wildman–Crippen MR) is 101 cm³/mol. The first kappa shape index (κ1) is 17.4. The van der Waals surface area contributed by atoms with Crippen molar-refractivity contribution in [2.75, 3.05) is 28.4 Å². The van der Waals surface area contributed by atoms with Gasteiger partial charge in [-0.2, -0.15) is 0 Å². The Bertz CT molecular complexity index is 735. The molecular weight excluding hydrogens is 440 g/mol. The number of methoxy groups -OCH3 is 4. The fourth-order valence-electron chi connectivity index (χ4n) is 3.21. The molecule has 0 unspecified atom stereocenters. The van der Waals surface area contributed by atoms with E-state index in [1.54, 1.807) is 28.4 Å². The topological polar surface area (TPSA) is 36.9 Å². The molecule has 0 aromatic heterocycles. The van der Waals surface area contributed by atoms with E-state index in [4.69, 9.17) is 18.9 Å². The summed E-state index contributed by atoms with van der Waals surface area (Å²) in [6.07, 6.45) is 1.84. The number of benzene rings is 2. The third-order valence-corrected chi connectivity index (χ3v) is 5.81. The molecule has 2 aromatic rings. The smallest absolute Gasteiger partial charge is 0.175 e. The van der Waals surface area contributed by atoms with Crippen LogP contribution in [0.3, 0.4) is 0 Å². The normalized spacial score (nSPS) is 12.2. The van der Waals surface area contributed by atoms with Gasteiger partial charge >= 0.3 is 0 Å². The van der Waals surface area contributed by atoms with Crippen LogP contribution >= 0.6 is 31.9 Å². The van der Waals surface area contributed by atoms with Crippen LogP contribution in [0, 0.1) is 0 Å². The highest BCUT2D eigenvalue weighted by atomic mass is 79.9. The number of rotatable bonds is 4. The first-order valence-corrected chi connectivity index (χ1v) is 9.03. The average molecular weight is 458 g/mol. The van der Waals surface area contributed by atoms with E-state index in [0.717, 1.165) is 44.4 Å². The Morgan fingerprint density at radius 2 is 1.04 bits per heavy atom. The van der Waals surface area contributed by atoms with E-state index in [0.29, 0.717) is 11.5 Å².